The molecule has 1 atom stereocenters. The highest BCUT2D eigenvalue weighted by Gasteiger charge is 2.27. The first-order valence-electron chi connectivity index (χ1n) is 10.1. The van der Waals surface area contributed by atoms with E-state index >= 15 is 0 Å². The molecule has 2 aromatic rings. The summed E-state index contributed by atoms with van der Waals surface area (Å²) in [7, 11) is 0. The number of aryl methyl sites for hydroxylation is 1. The van der Waals surface area contributed by atoms with E-state index in [1.165, 1.54) is 32.4 Å². The van der Waals surface area contributed by atoms with E-state index in [2.05, 4.69) is 19.7 Å². The molecule has 0 saturated carbocycles. The van der Waals surface area contributed by atoms with Crippen molar-refractivity contribution in [2.45, 2.75) is 45.7 Å². The predicted molar refractivity (Wildman–Crippen MR) is 104 cm³/mol. The number of pyridine rings is 1. The molecular formula is C21H29N5O. The molecule has 6 nitrogen and oxygen atoms in total. The lowest BCUT2D eigenvalue weighted by Gasteiger charge is -2.29. The van der Waals surface area contributed by atoms with Crippen molar-refractivity contribution >= 4 is 5.91 Å². The maximum absolute atomic E-state index is 13.1. The summed E-state index contributed by atoms with van der Waals surface area (Å²) in [6, 6.07) is 5.81. The quantitative estimate of drug-likeness (QED) is 0.834. The topological polar surface area (TPSA) is 54.3 Å². The third-order valence-corrected chi connectivity index (χ3v) is 5.79. The van der Waals surface area contributed by atoms with Crippen LogP contribution in [0.25, 0.3) is 0 Å². The average molecular weight is 367 g/mol. The summed E-state index contributed by atoms with van der Waals surface area (Å²) in [4.78, 5) is 22.0. The lowest BCUT2D eigenvalue weighted by molar-refractivity contribution is 0.0707. The molecule has 0 spiro atoms. The maximum Gasteiger partial charge on any atom is 0.272 e. The van der Waals surface area contributed by atoms with Crippen LogP contribution in [0.3, 0.4) is 0 Å². The highest BCUT2D eigenvalue weighted by Crippen LogP contribution is 2.21. The van der Waals surface area contributed by atoms with Crippen LogP contribution < -0.4 is 0 Å². The second-order valence-electron chi connectivity index (χ2n) is 7.97. The minimum atomic E-state index is 0.0209. The van der Waals surface area contributed by atoms with Gasteiger partial charge in [0.15, 0.2) is 0 Å². The first-order chi connectivity index (χ1) is 13.2. The summed E-state index contributed by atoms with van der Waals surface area (Å²) >= 11 is 0. The van der Waals surface area contributed by atoms with E-state index in [0.717, 1.165) is 37.3 Å². The number of amides is 1. The Hall–Kier alpha value is -2.21. The first kappa shape index (κ1) is 18.2. The van der Waals surface area contributed by atoms with Gasteiger partial charge < -0.3 is 9.80 Å². The molecule has 0 radical (unpaired) electrons. The highest BCUT2D eigenvalue weighted by atomic mass is 16.2. The fourth-order valence-corrected chi connectivity index (χ4v) is 4.17. The first-order valence-corrected chi connectivity index (χ1v) is 10.1. The molecular weight excluding hydrogens is 338 g/mol. The smallest absolute Gasteiger partial charge is 0.272 e. The molecule has 144 valence electrons. The van der Waals surface area contributed by atoms with Crippen LogP contribution in [0, 0.1) is 12.8 Å². The van der Waals surface area contributed by atoms with Crippen LogP contribution in [0.5, 0.6) is 0 Å². The fraction of sp³-hybridized carbons (Fsp3) is 0.571. The van der Waals surface area contributed by atoms with Crippen LogP contribution in [0.4, 0.5) is 0 Å². The summed E-state index contributed by atoms with van der Waals surface area (Å²) in [6.07, 6.45) is 8.71. The maximum atomic E-state index is 13.1. The molecule has 2 aromatic heterocycles. The molecule has 6 heteroatoms. The van der Waals surface area contributed by atoms with Gasteiger partial charge in [-0.25, -0.2) is 0 Å². The Bertz CT molecular complexity index is 763. The van der Waals surface area contributed by atoms with Crippen molar-refractivity contribution in [3.05, 3.63) is 47.5 Å². The minimum absolute atomic E-state index is 0.0209. The Morgan fingerprint density at radius 3 is 2.78 bits per heavy atom. The van der Waals surface area contributed by atoms with Crippen molar-refractivity contribution in [2.24, 2.45) is 5.92 Å². The Morgan fingerprint density at radius 2 is 2.00 bits per heavy atom. The van der Waals surface area contributed by atoms with E-state index in [0.29, 0.717) is 18.2 Å². The molecule has 0 aromatic carbocycles. The van der Waals surface area contributed by atoms with Gasteiger partial charge in [-0.05, 0) is 69.4 Å². The molecule has 4 rings (SSSR count). The van der Waals surface area contributed by atoms with Crippen molar-refractivity contribution in [2.75, 3.05) is 26.2 Å². The second-order valence-corrected chi connectivity index (χ2v) is 7.97. The number of rotatable bonds is 4. The van der Waals surface area contributed by atoms with Gasteiger partial charge in [0.2, 0.25) is 0 Å². The third kappa shape index (κ3) is 4.38. The van der Waals surface area contributed by atoms with Gasteiger partial charge in [-0.15, -0.1) is 0 Å². The minimum Gasteiger partial charge on any atom is -0.331 e. The molecule has 1 fully saturated rings. The van der Waals surface area contributed by atoms with Gasteiger partial charge in [-0.1, -0.05) is 12.5 Å². The van der Waals surface area contributed by atoms with Crippen molar-refractivity contribution < 1.29 is 4.79 Å². The van der Waals surface area contributed by atoms with Gasteiger partial charge in [-0.3, -0.25) is 14.5 Å². The van der Waals surface area contributed by atoms with Crippen LogP contribution in [-0.2, 0) is 13.1 Å². The zero-order chi connectivity index (χ0) is 18.6. The number of aromatic nitrogens is 3. The number of hydrogen-bond acceptors (Lipinski definition) is 4. The highest BCUT2D eigenvalue weighted by molar-refractivity contribution is 5.92. The van der Waals surface area contributed by atoms with Crippen LogP contribution in [0.2, 0.25) is 0 Å². The Morgan fingerprint density at radius 1 is 1.15 bits per heavy atom. The molecule has 0 bridgehead atoms. The summed E-state index contributed by atoms with van der Waals surface area (Å²) in [5.41, 5.74) is 2.71. The molecule has 4 heterocycles. The van der Waals surface area contributed by atoms with Crippen molar-refractivity contribution in [1.29, 1.82) is 0 Å². The molecule has 0 N–H and O–H groups in total. The normalized spacial score (nSPS) is 20.9. The number of carbonyl (C=O) groups excluding carboxylic acids is 1. The molecule has 1 saturated heterocycles. The van der Waals surface area contributed by atoms with Gasteiger partial charge in [0.05, 0.1) is 12.2 Å². The number of hydrogen-bond donors (Lipinski definition) is 0. The molecule has 27 heavy (non-hydrogen) atoms. The summed E-state index contributed by atoms with van der Waals surface area (Å²) in [5, 5.41) is 4.49. The van der Waals surface area contributed by atoms with E-state index in [1.807, 2.05) is 36.2 Å². The lowest BCUT2D eigenvalue weighted by Crippen LogP contribution is -2.37. The number of carbonyl (C=O) groups is 1. The van der Waals surface area contributed by atoms with E-state index in [4.69, 9.17) is 0 Å². The zero-order valence-corrected chi connectivity index (χ0v) is 16.2. The largest absolute Gasteiger partial charge is 0.331 e. The summed E-state index contributed by atoms with van der Waals surface area (Å²) < 4.78 is 2.08. The van der Waals surface area contributed by atoms with E-state index < -0.39 is 0 Å². The average Bonchev–Trinajstić information content (AvgIpc) is 3.05. The summed E-state index contributed by atoms with van der Waals surface area (Å²) in [6.45, 7) is 7.81. The van der Waals surface area contributed by atoms with Crippen molar-refractivity contribution in [3.8, 4) is 0 Å². The third-order valence-electron chi connectivity index (χ3n) is 5.79. The predicted octanol–water partition coefficient (Wildman–Crippen LogP) is 2.73. The van der Waals surface area contributed by atoms with Gasteiger partial charge in [-0.2, -0.15) is 5.10 Å². The fourth-order valence-electron chi connectivity index (χ4n) is 4.17. The van der Waals surface area contributed by atoms with E-state index in [9.17, 15) is 4.79 Å². The van der Waals surface area contributed by atoms with Gasteiger partial charge >= 0.3 is 0 Å². The SMILES string of the molecule is Cc1ccc(C(=O)N2Cc3ccnn3C[C@H](CCN3CCCCC3)C2)nc1. The number of nitrogens with zero attached hydrogens (tertiary/aromatic N) is 5. The van der Waals surface area contributed by atoms with Crippen molar-refractivity contribution in [1.82, 2.24) is 24.6 Å². The Kier molecular flexibility index (Phi) is 5.53. The van der Waals surface area contributed by atoms with E-state index in [-0.39, 0.29) is 5.91 Å². The Labute approximate surface area is 161 Å². The number of fused-ring (bicyclic) bond motifs is 1. The molecule has 1 amide bonds. The van der Waals surface area contributed by atoms with E-state index in [1.54, 1.807) is 6.20 Å². The molecule has 2 aliphatic heterocycles. The van der Waals surface area contributed by atoms with Crippen LogP contribution in [0.15, 0.2) is 30.6 Å². The lowest BCUT2D eigenvalue weighted by atomic mass is 10.0. The monoisotopic (exact) mass is 367 g/mol. The second kappa shape index (κ2) is 8.21. The van der Waals surface area contributed by atoms with Crippen molar-refractivity contribution in [3.63, 3.8) is 0 Å². The number of piperidine rings is 1. The number of likely N-dealkylation sites (tertiary alicyclic amines) is 1. The van der Waals surface area contributed by atoms with Crippen LogP contribution in [0.1, 0.15) is 47.4 Å². The molecule has 2 aliphatic rings. The van der Waals surface area contributed by atoms with Gasteiger partial charge in [0.25, 0.3) is 5.91 Å². The standard InChI is InChI=1S/C21H29N5O/c1-17-5-6-20(22-13-17)21(27)25-14-18(8-12-24-10-3-2-4-11-24)15-26-19(16-25)7-9-23-26/h5-7,9,13,18H,2-4,8,10-12,14-16H2,1H3/t18-/m1/s1. The molecule has 0 unspecified atom stereocenters. The van der Waals surface area contributed by atoms with Crippen LogP contribution in [-0.4, -0.2) is 56.7 Å². The van der Waals surface area contributed by atoms with Crippen LogP contribution >= 0.6 is 0 Å². The summed E-state index contributed by atoms with van der Waals surface area (Å²) in [5.74, 6) is 0.440. The van der Waals surface area contributed by atoms with Gasteiger partial charge in [0.1, 0.15) is 5.69 Å². The van der Waals surface area contributed by atoms with Gasteiger partial charge in [0, 0.05) is 25.5 Å². The Balaban J connectivity index is 1.47. The zero-order valence-electron chi connectivity index (χ0n) is 16.2. The molecule has 0 aliphatic carbocycles.